The molecule has 2 saturated heterocycles. The average molecular weight is 305 g/mol. The normalized spacial score (nSPS) is 22.7. The molecule has 0 spiro atoms. The van der Waals surface area contributed by atoms with Gasteiger partial charge in [-0.1, -0.05) is 0 Å². The molecular formula is C15H23N5O2. The van der Waals surface area contributed by atoms with Gasteiger partial charge in [-0.25, -0.2) is 9.97 Å². The first-order chi connectivity index (χ1) is 10.6. The molecule has 3 heterocycles. The molecule has 2 aliphatic rings. The quantitative estimate of drug-likeness (QED) is 0.836. The van der Waals surface area contributed by atoms with Crippen molar-refractivity contribution in [1.29, 1.82) is 0 Å². The van der Waals surface area contributed by atoms with Crippen LogP contribution in [0.5, 0.6) is 0 Å². The van der Waals surface area contributed by atoms with E-state index in [1.807, 2.05) is 17.9 Å². The third-order valence-electron chi connectivity index (χ3n) is 4.17. The van der Waals surface area contributed by atoms with Crippen LogP contribution in [-0.2, 0) is 9.53 Å². The first-order valence-corrected chi connectivity index (χ1v) is 7.80. The maximum absolute atomic E-state index is 11.4. The van der Waals surface area contributed by atoms with Gasteiger partial charge in [0.05, 0.1) is 24.9 Å². The van der Waals surface area contributed by atoms with Crippen molar-refractivity contribution in [2.24, 2.45) is 0 Å². The predicted molar refractivity (Wildman–Crippen MR) is 82.8 cm³/mol. The number of morpholine rings is 1. The van der Waals surface area contributed by atoms with Gasteiger partial charge < -0.3 is 19.9 Å². The minimum absolute atomic E-state index is 0.132. The predicted octanol–water partition coefficient (Wildman–Crippen LogP) is 0.114. The summed E-state index contributed by atoms with van der Waals surface area (Å²) in [6.07, 6.45) is 0. The summed E-state index contributed by atoms with van der Waals surface area (Å²) in [5, 5.41) is 3.43. The van der Waals surface area contributed by atoms with E-state index < -0.39 is 0 Å². The Morgan fingerprint density at radius 1 is 1.32 bits per heavy atom. The Morgan fingerprint density at radius 2 is 2.09 bits per heavy atom. The van der Waals surface area contributed by atoms with Gasteiger partial charge >= 0.3 is 0 Å². The number of carbonyl (C=O) groups is 1. The molecule has 3 rings (SSSR count). The van der Waals surface area contributed by atoms with E-state index in [0.717, 1.165) is 56.7 Å². The van der Waals surface area contributed by atoms with Gasteiger partial charge in [-0.15, -0.1) is 0 Å². The molecule has 1 N–H and O–H groups in total. The third kappa shape index (κ3) is 3.36. The number of hydrogen-bond acceptors (Lipinski definition) is 6. The number of anilines is 1. The Bertz CT molecular complexity index is 537. The van der Waals surface area contributed by atoms with Crippen LogP contribution in [0.2, 0.25) is 0 Å². The Balaban J connectivity index is 1.74. The highest BCUT2D eigenvalue weighted by atomic mass is 16.5. The van der Waals surface area contributed by atoms with Crippen LogP contribution in [-0.4, -0.2) is 66.7 Å². The van der Waals surface area contributed by atoms with Crippen molar-refractivity contribution in [3.8, 4) is 0 Å². The van der Waals surface area contributed by atoms with Crippen LogP contribution in [0.1, 0.15) is 24.5 Å². The van der Waals surface area contributed by atoms with E-state index in [2.05, 4.69) is 20.2 Å². The van der Waals surface area contributed by atoms with Crippen molar-refractivity contribution < 1.29 is 9.53 Å². The van der Waals surface area contributed by atoms with E-state index in [9.17, 15) is 4.79 Å². The zero-order valence-electron chi connectivity index (χ0n) is 13.2. The van der Waals surface area contributed by atoms with Crippen molar-refractivity contribution >= 4 is 11.7 Å². The van der Waals surface area contributed by atoms with Gasteiger partial charge in [-0.3, -0.25) is 4.79 Å². The largest absolute Gasteiger partial charge is 0.378 e. The average Bonchev–Trinajstić information content (AvgIpc) is 2.55. The number of nitrogens with zero attached hydrogens (tertiary/aromatic N) is 4. The van der Waals surface area contributed by atoms with Crippen LogP contribution in [0.25, 0.3) is 0 Å². The van der Waals surface area contributed by atoms with Crippen LogP contribution in [0.3, 0.4) is 0 Å². The molecular weight excluding hydrogens is 282 g/mol. The molecule has 22 heavy (non-hydrogen) atoms. The summed E-state index contributed by atoms with van der Waals surface area (Å²) in [6.45, 7) is 8.90. The van der Waals surface area contributed by atoms with Crippen LogP contribution >= 0.6 is 0 Å². The molecule has 0 saturated carbocycles. The second-order valence-corrected chi connectivity index (χ2v) is 5.77. The molecule has 0 bridgehead atoms. The zero-order chi connectivity index (χ0) is 15.5. The zero-order valence-corrected chi connectivity index (χ0v) is 13.2. The van der Waals surface area contributed by atoms with Gasteiger partial charge in [0, 0.05) is 45.7 Å². The molecule has 0 aromatic carbocycles. The van der Waals surface area contributed by atoms with Gasteiger partial charge in [0.1, 0.15) is 11.6 Å². The maximum Gasteiger partial charge on any atom is 0.219 e. The summed E-state index contributed by atoms with van der Waals surface area (Å²) in [7, 11) is 0. The molecule has 1 amide bonds. The highest BCUT2D eigenvalue weighted by Gasteiger charge is 2.22. The number of aromatic nitrogens is 2. The molecule has 1 unspecified atom stereocenters. The standard InChI is InChI=1S/C15H23N5O2/c1-11-17-13(14-10-22-8-3-16-14)9-15(18-11)20-6-4-19(5-7-20)12(2)21/h9,14,16H,3-8,10H2,1-2H3. The van der Waals surface area contributed by atoms with Gasteiger partial charge in [-0.2, -0.15) is 0 Å². The number of nitrogens with one attached hydrogen (secondary N) is 1. The van der Waals surface area contributed by atoms with Gasteiger partial charge in [-0.05, 0) is 6.92 Å². The van der Waals surface area contributed by atoms with Crippen molar-refractivity contribution in [3.05, 3.63) is 17.6 Å². The molecule has 7 nitrogen and oxygen atoms in total. The van der Waals surface area contributed by atoms with Crippen LogP contribution < -0.4 is 10.2 Å². The number of hydrogen-bond donors (Lipinski definition) is 1. The molecule has 1 aromatic heterocycles. The number of aryl methyl sites for hydroxylation is 1. The topological polar surface area (TPSA) is 70.6 Å². The lowest BCUT2D eigenvalue weighted by molar-refractivity contribution is -0.129. The summed E-state index contributed by atoms with van der Waals surface area (Å²) in [6, 6.07) is 2.18. The number of ether oxygens (including phenoxy) is 1. The Hall–Kier alpha value is -1.73. The lowest BCUT2D eigenvalue weighted by Crippen LogP contribution is -2.48. The number of rotatable bonds is 2. The Morgan fingerprint density at radius 3 is 2.73 bits per heavy atom. The highest BCUT2D eigenvalue weighted by Crippen LogP contribution is 2.20. The molecule has 7 heteroatoms. The van der Waals surface area contributed by atoms with Crippen LogP contribution in [0, 0.1) is 6.92 Å². The summed E-state index contributed by atoms with van der Waals surface area (Å²) in [5.41, 5.74) is 0.983. The molecule has 120 valence electrons. The summed E-state index contributed by atoms with van der Waals surface area (Å²) in [5.74, 6) is 1.86. The van der Waals surface area contributed by atoms with E-state index in [-0.39, 0.29) is 11.9 Å². The fourth-order valence-electron chi connectivity index (χ4n) is 2.92. The SMILES string of the molecule is CC(=O)N1CCN(c2cc(C3COCCN3)nc(C)n2)CC1. The van der Waals surface area contributed by atoms with Crippen molar-refractivity contribution in [1.82, 2.24) is 20.2 Å². The van der Waals surface area contributed by atoms with Crippen molar-refractivity contribution in [2.75, 3.05) is 50.8 Å². The van der Waals surface area contributed by atoms with E-state index in [1.165, 1.54) is 0 Å². The summed E-state index contributed by atoms with van der Waals surface area (Å²) in [4.78, 5) is 24.6. The second-order valence-electron chi connectivity index (χ2n) is 5.77. The Kier molecular flexibility index (Phi) is 4.54. The maximum atomic E-state index is 11.4. The minimum Gasteiger partial charge on any atom is -0.378 e. The molecule has 1 atom stereocenters. The lowest BCUT2D eigenvalue weighted by atomic mass is 10.2. The summed E-state index contributed by atoms with van der Waals surface area (Å²) < 4.78 is 5.52. The fourth-order valence-corrected chi connectivity index (χ4v) is 2.92. The second kappa shape index (κ2) is 6.58. The molecule has 0 radical (unpaired) electrons. The number of carbonyl (C=O) groups excluding carboxylic acids is 1. The van der Waals surface area contributed by atoms with Crippen molar-refractivity contribution in [2.45, 2.75) is 19.9 Å². The van der Waals surface area contributed by atoms with Gasteiger partial charge in [0.25, 0.3) is 0 Å². The fraction of sp³-hybridized carbons (Fsp3) is 0.667. The van der Waals surface area contributed by atoms with Crippen LogP contribution in [0.4, 0.5) is 5.82 Å². The third-order valence-corrected chi connectivity index (χ3v) is 4.17. The van der Waals surface area contributed by atoms with Gasteiger partial charge in [0.2, 0.25) is 5.91 Å². The monoisotopic (exact) mass is 305 g/mol. The van der Waals surface area contributed by atoms with E-state index in [4.69, 9.17) is 4.74 Å². The van der Waals surface area contributed by atoms with E-state index >= 15 is 0 Å². The number of amides is 1. The van der Waals surface area contributed by atoms with E-state index in [0.29, 0.717) is 6.61 Å². The first kappa shape index (κ1) is 15.2. The lowest BCUT2D eigenvalue weighted by Gasteiger charge is -2.35. The highest BCUT2D eigenvalue weighted by molar-refractivity contribution is 5.73. The Labute approximate surface area is 130 Å². The van der Waals surface area contributed by atoms with Crippen LogP contribution in [0.15, 0.2) is 6.07 Å². The van der Waals surface area contributed by atoms with Gasteiger partial charge in [0.15, 0.2) is 0 Å². The van der Waals surface area contributed by atoms with E-state index in [1.54, 1.807) is 6.92 Å². The minimum atomic E-state index is 0.132. The molecule has 0 aliphatic carbocycles. The molecule has 2 aliphatic heterocycles. The van der Waals surface area contributed by atoms with Crippen molar-refractivity contribution in [3.63, 3.8) is 0 Å². The molecule has 2 fully saturated rings. The molecule has 1 aromatic rings. The first-order valence-electron chi connectivity index (χ1n) is 7.80. The number of piperazine rings is 1. The smallest absolute Gasteiger partial charge is 0.219 e. The summed E-state index contributed by atoms with van der Waals surface area (Å²) >= 11 is 0.